The van der Waals surface area contributed by atoms with Crippen molar-refractivity contribution in [2.24, 2.45) is 0 Å². The summed E-state index contributed by atoms with van der Waals surface area (Å²) in [6, 6.07) is 5.52. The molecular formula is C16H12N2O6. The van der Waals surface area contributed by atoms with E-state index in [0.717, 1.165) is 17.1 Å². The lowest BCUT2D eigenvalue weighted by Gasteiger charge is -2.13. The molecule has 0 bridgehead atoms. The van der Waals surface area contributed by atoms with Gasteiger partial charge in [-0.2, -0.15) is 0 Å². The van der Waals surface area contributed by atoms with Crippen molar-refractivity contribution < 1.29 is 23.9 Å². The van der Waals surface area contributed by atoms with Gasteiger partial charge in [0.15, 0.2) is 0 Å². The Kier molecular flexibility index (Phi) is 3.87. The van der Waals surface area contributed by atoms with Crippen LogP contribution in [0.25, 0.3) is 11.0 Å². The van der Waals surface area contributed by atoms with Crippen LogP contribution in [0.3, 0.4) is 0 Å². The van der Waals surface area contributed by atoms with Crippen LogP contribution in [0, 0.1) is 0 Å². The summed E-state index contributed by atoms with van der Waals surface area (Å²) in [6.45, 7) is -0.389. The largest absolute Gasteiger partial charge is 0.508 e. The summed E-state index contributed by atoms with van der Waals surface area (Å²) in [5.41, 5.74) is 0.0686. The molecule has 0 aliphatic carbocycles. The molecule has 3 amide bonds. The highest BCUT2D eigenvalue weighted by Gasteiger charge is 2.25. The topological polar surface area (TPSA) is 117 Å². The minimum atomic E-state index is -0.619. The number of carbonyl (C=O) groups excluding carboxylic acids is 3. The number of hydrogen-bond donors (Lipinski definition) is 2. The summed E-state index contributed by atoms with van der Waals surface area (Å²) in [5.74, 6) is -1.68. The van der Waals surface area contributed by atoms with E-state index >= 15 is 0 Å². The molecule has 24 heavy (non-hydrogen) atoms. The highest BCUT2D eigenvalue weighted by atomic mass is 16.4. The second-order valence-electron chi connectivity index (χ2n) is 5.14. The van der Waals surface area contributed by atoms with Crippen molar-refractivity contribution in [2.75, 3.05) is 6.54 Å². The highest BCUT2D eigenvalue weighted by Crippen LogP contribution is 2.21. The maximum atomic E-state index is 11.9. The molecule has 0 saturated heterocycles. The zero-order valence-electron chi connectivity index (χ0n) is 12.3. The molecule has 0 atom stereocenters. The fourth-order valence-electron chi connectivity index (χ4n) is 2.35. The molecule has 1 aromatic heterocycles. The Bertz CT molecular complexity index is 925. The van der Waals surface area contributed by atoms with Crippen molar-refractivity contribution in [3.05, 3.63) is 52.4 Å². The smallest absolute Gasteiger partial charge is 0.336 e. The van der Waals surface area contributed by atoms with E-state index in [4.69, 9.17) is 4.42 Å². The number of hydrogen-bond acceptors (Lipinski definition) is 6. The molecule has 3 rings (SSSR count). The maximum Gasteiger partial charge on any atom is 0.336 e. The van der Waals surface area contributed by atoms with Crippen molar-refractivity contribution in [1.29, 1.82) is 0 Å². The van der Waals surface area contributed by atoms with Gasteiger partial charge in [0.25, 0.3) is 11.8 Å². The van der Waals surface area contributed by atoms with E-state index in [0.29, 0.717) is 10.9 Å². The first-order chi connectivity index (χ1) is 11.4. The van der Waals surface area contributed by atoms with Crippen molar-refractivity contribution in [3.8, 4) is 5.75 Å². The Morgan fingerprint density at radius 1 is 1.12 bits per heavy atom. The minimum Gasteiger partial charge on any atom is -0.508 e. The molecular weight excluding hydrogens is 316 g/mol. The predicted molar refractivity (Wildman–Crippen MR) is 81.9 cm³/mol. The molecule has 122 valence electrons. The van der Waals surface area contributed by atoms with E-state index in [9.17, 15) is 24.3 Å². The van der Waals surface area contributed by atoms with Crippen LogP contribution in [0.2, 0.25) is 0 Å². The van der Waals surface area contributed by atoms with E-state index in [1.807, 2.05) is 0 Å². The van der Waals surface area contributed by atoms with Gasteiger partial charge >= 0.3 is 5.63 Å². The van der Waals surface area contributed by atoms with Crippen LogP contribution < -0.4 is 10.9 Å². The van der Waals surface area contributed by atoms with Crippen LogP contribution >= 0.6 is 0 Å². The van der Waals surface area contributed by atoms with Gasteiger partial charge in [0.1, 0.15) is 17.9 Å². The third-order valence-electron chi connectivity index (χ3n) is 3.49. The third kappa shape index (κ3) is 3.02. The number of nitrogens with one attached hydrogen (secondary N) is 1. The molecule has 2 aromatic rings. The summed E-state index contributed by atoms with van der Waals surface area (Å²) in [5, 5.41) is 12.5. The zero-order valence-corrected chi connectivity index (χ0v) is 12.3. The van der Waals surface area contributed by atoms with E-state index in [2.05, 4.69) is 5.32 Å². The number of fused-ring (bicyclic) bond motifs is 1. The van der Waals surface area contributed by atoms with Gasteiger partial charge in [-0.05, 0) is 17.7 Å². The molecule has 1 aliphatic heterocycles. The average Bonchev–Trinajstić information content (AvgIpc) is 2.84. The van der Waals surface area contributed by atoms with Gasteiger partial charge in [-0.15, -0.1) is 0 Å². The number of benzene rings is 1. The van der Waals surface area contributed by atoms with E-state index in [-0.39, 0.29) is 17.9 Å². The molecule has 0 radical (unpaired) electrons. The van der Waals surface area contributed by atoms with Crippen molar-refractivity contribution in [3.63, 3.8) is 0 Å². The lowest BCUT2D eigenvalue weighted by Crippen LogP contribution is -2.40. The number of aromatic hydroxyl groups is 1. The summed E-state index contributed by atoms with van der Waals surface area (Å²) in [6.07, 6.45) is 2.19. The lowest BCUT2D eigenvalue weighted by atomic mass is 10.1. The van der Waals surface area contributed by atoms with Crippen LogP contribution in [-0.4, -0.2) is 34.3 Å². The fourth-order valence-corrected chi connectivity index (χ4v) is 2.35. The first-order valence-corrected chi connectivity index (χ1v) is 7.00. The quantitative estimate of drug-likeness (QED) is 0.604. The minimum absolute atomic E-state index is 0.00928. The molecule has 1 aliphatic rings. The number of phenols is 1. The summed E-state index contributed by atoms with van der Waals surface area (Å²) < 4.78 is 4.99. The Balaban J connectivity index is 1.74. The number of rotatable bonds is 4. The third-order valence-corrected chi connectivity index (χ3v) is 3.49. The first kappa shape index (κ1) is 15.5. The normalized spacial score (nSPS) is 13.8. The van der Waals surface area contributed by atoms with Crippen LogP contribution in [0.4, 0.5) is 0 Å². The molecule has 8 heteroatoms. The van der Waals surface area contributed by atoms with Crippen molar-refractivity contribution in [1.82, 2.24) is 10.2 Å². The molecule has 2 N–H and O–H groups in total. The number of phenolic OH excluding ortho intramolecular Hbond substituents is 1. The Morgan fingerprint density at radius 3 is 2.54 bits per heavy atom. The molecule has 1 aromatic carbocycles. The molecule has 0 fully saturated rings. The number of nitrogens with zero attached hydrogens (tertiary/aromatic N) is 1. The van der Waals surface area contributed by atoms with Gasteiger partial charge in [0.2, 0.25) is 5.91 Å². The predicted octanol–water partition coefficient (Wildman–Crippen LogP) is 0.0398. The van der Waals surface area contributed by atoms with E-state index in [1.165, 1.54) is 18.2 Å². The molecule has 8 nitrogen and oxygen atoms in total. The van der Waals surface area contributed by atoms with Gasteiger partial charge in [-0.1, -0.05) is 0 Å². The monoisotopic (exact) mass is 328 g/mol. The van der Waals surface area contributed by atoms with E-state index < -0.39 is 29.9 Å². The molecule has 0 saturated carbocycles. The van der Waals surface area contributed by atoms with Crippen LogP contribution in [-0.2, 0) is 20.9 Å². The first-order valence-electron chi connectivity index (χ1n) is 7.00. The SMILES string of the molecule is O=C(CN1C(=O)C=CC1=O)NCc1cc(=O)oc2cc(O)ccc12. The molecule has 0 unspecified atom stereocenters. The van der Waals surface area contributed by atoms with Gasteiger partial charge < -0.3 is 14.8 Å². The molecule has 0 spiro atoms. The van der Waals surface area contributed by atoms with Crippen LogP contribution in [0.15, 0.2) is 45.6 Å². The summed E-state index contributed by atoms with van der Waals surface area (Å²) in [7, 11) is 0. The Hall–Kier alpha value is -3.42. The fraction of sp³-hybridized carbons (Fsp3) is 0.125. The second-order valence-corrected chi connectivity index (χ2v) is 5.14. The standard InChI is InChI=1S/C16H12N2O6/c19-10-1-2-11-9(5-16(23)24-12(11)6-10)7-17-13(20)8-18-14(21)3-4-15(18)22/h1-6,19H,7-8H2,(H,17,20). The lowest BCUT2D eigenvalue weighted by molar-refractivity contribution is -0.141. The van der Waals surface area contributed by atoms with Crippen LogP contribution in [0.5, 0.6) is 5.75 Å². The summed E-state index contributed by atoms with van der Waals surface area (Å²) >= 11 is 0. The van der Waals surface area contributed by atoms with Crippen molar-refractivity contribution >= 4 is 28.7 Å². The van der Waals surface area contributed by atoms with Crippen molar-refractivity contribution in [2.45, 2.75) is 6.54 Å². The molecule has 2 heterocycles. The van der Waals surface area contributed by atoms with Gasteiger partial charge in [-0.3, -0.25) is 19.3 Å². The van der Waals surface area contributed by atoms with Gasteiger partial charge in [0, 0.05) is 36.2 Å². The summed E-state index contributed by atoms with van der Waals surface area (Å²) in [4.78, 5) is 47.1. The van der Waals surface area contributed by atoms with Gasteiger partial charge in [0.05, 0.1) is 0 Å². The number of imide groups is 1. The highest BCUT2D eigenvalue weighted by molar-refractivity contribution is 6.14. The Morgan fingerprint density at radius 2 is 1.83 bits per heavy atom. The zero-order chi connectivity index (χ0) is 17.3. The Labute approximate surface area is 135 Å². The van der Waals surface area contributed by atoms with E-state index in [1.54, 1.807) is 6.07 Å². The van der Waals surface area contributed by atoms with Crippen LogP contribution in [0.1, 0.15) is 5.56 Å². The van der Waals surface area contributed by atoms with Gasteiger partial charge in [-0.25, -0.2) is 4.79 Å². The number of carbonyl (C=O) groups is 3. The maximum absolute atomic E-state index is 11.9. The number of amides is 3. The average molecular weight is 328 g/mol. The second kappa shape index (κ2) is 5.99.